The van der Waals surface area contributed by atoms with Crippen LogP contribution < -0.4 is 10.9 Å². The number of nitrogens with zero attached hydrogens (tertiary/aromatic N) is 1. The van der Waals surface area contributed by atoms with Crippen molar-refractivity contribution in [2.45, 2.75) is 26.0 Å². The Morgan fingerprint density at radius 2 is 2.04 bits per heavy atom. The molecule has 2 aromatic heterocycles. The number of aryl methyl sites for hydroxylation is 1. The number of nitrogens with one attached hydrogen (secondary N) is 2. The third kappa shape index (κ3) is 3.73. The molecule has 0 saturated heterocycles. The van der Waals surface area contributed by atoms with E-state index < -0.39 is 11.9 Å². The second-order valence-corrected chi connectivity index (χ2v) is 6.89. The quantitative estimate of drug-likeness (QED) is 0.734. The summed E-state index contributed by atoms with van der Waals surface area (Å²) in [5, 5.41) is 2.97. The number of amides is 1. The number of hydrogen-bond donors (Lipinski definition) is 2. The molecule has 0 saturated carbocycles. The highest BCUT2D eigenvalue weighted by Gasteiger charge is 2.22. The minimum Gasteiger partial charge on any atom is -0.376 e. The molecule has 28 heavy (non-hydrogen) atoms. The topological polar surface area (TPSA) is 84.1 Å². The molecule has 6 nitrogen and oxygen atoms in total. The second-order valence-electron chi connectivity index (χ2n) is 6.89. The lowest BCUT2D eigenvalue weighted by Crippen LogP contribution is -2.34. The number of carbonyl (C=O) groups is 1. The van der Waals surface area contributed by atoms with Crippen LogP contribution in [0.15, 0.2) is 59.5 Å². The van der Waals surface area contributed by atoms with Crippen molar-refractivity contribution in [2.24, 2.45) is 0 Å². The Morgan fingerprint density at radius 3 is 2.79 bits per heavy atom. The highest BCUT2D eigenvalue weighted by molar-refractivity contribution is 5.94. The molecule has 1 unspecified atom stereocenters. The van der Waals surface area contributed by atoms with Crippen LogP contribution in [-0.4, -0.2) is 22.5 Å². The van der Waals surface area contributed by atoms with Gasteiger partial charge in [0.2, 0.25) is 0 Å². The van der Waals surface area contributed by atoms with Gasteiger partial charge in [-0.15, -0.1) is 0 Å². The SMILES string of the molecule is Cc1ccc(C(NC(=O)c2cc3c([nH]c2=O)CCOC3)c2ccccn2)cc1. The van der Waals surface area contributed by atoms with Gasteiger partial charge in [0, 0.05) is 18.3 Å². The van der Waals surface area contributed by atoms with Gasteiger partial charge in [-0.25, -0.2) is 0 Å². The first-order chi connectivity index (χ1) is 13.6. The predicted octanol–water partition coefficient (Wildman–Crippen LogP) is 2.67. The van der Waals surface area contributed by atoms with Crippen LogP contribution in [0.4, 0.5) is 0 Å². The summed E-state index contributed by atoms with van der Waals surface area (Å²) in [7, 11) is 0. The van der Waals surface area contributed by atoms with Gasteiger partial charge in [0.15, 0.2) is 0 Å². The molecular formula is C22H21N3O3. The smallest absolute Gasteiger partial charge is 0.261 e. The fraction of sp³-hybridized carbons (Fsp3) is 0.227. The Kier molecular flexibility index (Phi) is 5.04. The number of aromatic amines is 1. The van der Waals surface area contributed by atoms with Gasteiger partial charge in [0.1, 0.15) is 5.56 Å². The third-order valence-electron chi connectivity index (χ3n) is 4.88. The van der Waals surface area contributed by atoms with Gasteiger partial charge in [-0.1, -0.05) is 35.9 Å². The number of rotatable bonds is 4. The summed E-state index contributed by atoms with van der Waals surface area (Å²) >= 11 is 0. The molecule has 1 amide bonds. The monoisotopic (exact) mass is 375 g/mol. The van der Waals surface area contributed by atoms with Gasteiger partial charge in [0.25, 0.3) is 11.5 Å². The van der Waals surface area contributed by atoms with Crippen molar-refractivity contribution in [3.8, 4) is 0 Å². The molecular weight excluding hydrogens is 354 g/mol. The number of benzene rings is 1. The average molecular weight is 375 g/mol. The number of aromatic nitrogens is 2. The van der Waals surface area contributed by atoms with Gasteiger partial charge in [-0.2, -0.15) is 0 Å². The van der Waals surface area contributed by atoms with Gasteiger partial charge >= 0.3 is 0 Å². The molecule has 1 atom stereocenters. The first kappa shape index (κ1) is 18.1. The number of H-pyrrole nitrogens is 1. The summed E-state index contributed by atoms with van der Waals surface area (Å²) in [6, 6.07) is 14.6. The number of carbonyl (C=O) groups excluding carboxylic acids is 1. The Bertz CT molecular complexity index is 1040. The Balaban J connectivity index is 1.68. The average Bonchev–Trinajstić information content (AvgIpc) is 2.73. The lowest BCUT2D eigenvalue weighted by Gasteiger charge is -2.20. The van der Waals surface area contributed by atoms with Crippen LogP contribution in [0, 0.1) is 6.92 Å². The first-order valence-electron chi connectivity index (χ1n) is 9.23. The fourth-order valence-corrected chi connectivity index (χ4v) is 3.33. The van der Waals surface area contributed by atoms with Crippen LogP contribution in [0.25, 0.3) is 0 Å². The van der Waals surface area contributed by atoms with Crippen molar-refractivity contribution in [3.05, 3.63) is 98.7 Å². The van der Waals surface area contributed by atoms with Crippen molar-refractivity contribution < 1.29 is 9.53 Å². The summed E-state index contributed by atoms with van der Waals surface area (Å²) in [6.45, 7) is 2.98. The maximum atomic E-state index is 13.0. The van der Waals surface area contributed by atoms with E-state index in [1.54, 1.807) is 12.3 Å². The summed E-state index contributed by atoms with van der Waals surface area (Å²) in [5.41, 5.74) is 4.11. The summed E-state index contributed by atoms with van der Waals surface area (Å²) < 4.78 is 5.44. The predicted molar refractivity (Wildman–Crippen MR) is 105 cm³/mol. The van der Waals surface area contributed by atoms with E-state index in [-0.39, 0.29) is 11.1 Å². The van der Waals surface area contributed by atoms with Gasteiger partial charge < -0.3 is 15.0 Å². The van der Waals surface area contributed by atoms with Crippen LogP contribution in [0.3, 0.4) is 0 Å². The number of hydrogen-bond acceptors (Lipinski definition) is 4. The third-order valence-corrected chi connectivity index (χ3v) is 4.88. The van der Waals surface area contributed by atoms with E-state index in [4.69, 9.17) is 4.74 Å². The van der Waals surface area contributed by atoms with Crippen molar-refractivity contribution in [3.63, 3.8) is 0 Å². The molecule has 142 valence electrons. The minimum atomic E-state index is -0.457. The summed E-state index contributed by atoms with van der Waals surface area (Å²) in [4.78, 5) is 32.7. The zero-order valence-electron chi connectivity index (χ0n) is 15.6. The summed E-state index contributed by atoms with van der Waals surface area (Å²) in [6.07, 6.45) is 2.33. The Morgan fingerprint density at radius 1 is 1.21 bits per heavy atom. The highest BCUT2D eigenvalue weighted by Crippen LogP contribution is 2.21. The van der Waals surface area contributed by atoms with Gasteiger partial charge in [0.05, 0.1) is 24.9 Å². The Hall–Kier alpha value is -3.25. The van der Waals surface area contributed by atoms with Crippen molar-refractivity contribution in [2.75, 3.05) is 6.61 Å². The fourth-order valence-electron chi connectivity index (χ4n) is 3.33. The normalized spacial score (nSPS) is 14.2. The van der Waals surface area contributed by atoms with Crippen molar-refractivity contribution in [1.29, 1.82) is 0 Å². The van der Waals surface area contributed by atoms with Crippen LogP contribution in [-0.2, 0) is 17.8 Å². The van der Waals surface area contributed by atoms with E-state index in [1.165, 1.54) is 0 Å². The van der Waals surface area contributed by atoms with E-state index in [1.807, 2.05) is 49.4 Å². The zero-order chi connectivity index (χ0) is 19.5. The molecule has 0 radical (unpaired) electrons. The molecule has 1 aliphatic rings. The van der Waals surface area contributed by atoms with Crippen LogP contribution >= 0.6 is 0 Å². The number of fused-ring (bicyclic) bond motifs is 1. The maximum Gasteiger partial charge on any atom is 0.261 e. The molecule has 0 bridgehead atoms. The molecule has 1 aliphatic heterocycles. The standard InChI is InChI=1S/C22H21N3O3/c1-14-5-7-15(8-6-14)20(19-4-2-3-10-23-19)25-22(27)17-12-16-13-28-11-9-18(16)24-21(17)26/h2-8,10,12,20H,9,11,13H2,1H3,(H,24,26)(H,25,27). The van der Waals surface area contributed by atoms with E-state index >= 15 is 0 Å². The molecule has 2 N–H and O–H groups in total. The van der Waals surface area contributed by atoms with E-state index in [0.29, 0.717) is 25.3 Å². The van der Waals surface area contributed by atoms with Crippen molar-refractivity contribution >= 4 is 5.91 Å². The molecule has 6 heteroatoms. The van der Waals surface area contributed by atoms with Gasteiger partial charge in [-0.05, 0) is 36.2 Å². The zero-order valence-corrected chi connectivity index (χ0v) is 15.6. The second kappa shape index (κ2) is 7.78. The van der Waals surface area contributed by atoms with Crippen LogP contribution in [0.2, 0.25) is 0 Å². The van der Waals surface area contributed by atoms with Gasteiger partial charge in [-0.3, -0.25) is 14.6 Å². The maximum absolute atomic E-state index is 13.0. The van der Waals surface area contributed by atoms with Crippen LogP contribution in [0.1, 0.15) is 44.5 Å². The van der Waals surface area contributed by atoms with E-state index in [0.717, 1.165) is 22.4 Å². The number of ether oxygens (including phenoxy) is 1. The molecule has 0 fully saturated rings. The van der Waals surface area contributed by atoms with Crippen molar-refractivity contribution in [1.82, 2.24) is 15.3 Å². The van der Waals surface area contributed by atoms with E-state index in [2.05, 4.69) is 15.3 Å². The Labute approximate surface area is 162 Å². The first-order valence-corrected chi connectivity index (χ1v) is 9.23. The molecule has 4 rings (SSSR count). The lowest BCUT2D eigenvalue weighted by molar-refractivity contribution is 0.0937. The largest absolute Gasteiger partial charge is 0.376 e. The molecule has 0 spiro atoms. The van der Waals surface area contributed by atoms with E-state index in [9.17, 15) is 9.59 Å². The molecule has 3 aromatic rings. The highest BCUT2D eigenvalue weighted by atomic mass is 16.5. The molecule has 3 heterocycles. The molecule has 0 aliphatic carbocycles. The lowest BCUT2D eigenvalue weighted by atomic mass is 10.0. The summed E-state index contributed by atoms with van der Waals surface area (Å²) in [5.74, 6) is -0.439. The van der Waals surface area contributed by atoms with Crippen LogP contribution in [0.5, 0.6) is 0 Å². The minimum absolute atomic E-state index is 0.0808. The molecule has 1 aromatic carbocycles. The number of pyridine rings is 2.